The van der Waals surface area contributed by atoms with Crippen LogP contribution in [0.2, 0.25) is 5.02 Å². The van der Waals surface area contributed by atoms with E-state index in [1.807, 2.05) is 12.1 Å². The lowest BCUT2D eigenvalue weighted by molar-refractivity contribution is 0.0596. The van der Waals surface area contributed by atoms with Crippen molar-refractivity contribution in [3.63, 3.8) is 0 Å². The van der Waals surface area contributed by atoms with Gasteiger partial charge >= 0.3 is 0 Å². The quantitative estimate of drug-likeness (QED) is 0.710. The summed E-state index contributed by atoms with van der Waals surface area (Å²) in [4.78, 5) is 0. The van der Waals surface area contributed by atoms with Gasteiger partial charge in [0.1, 0.15) is 0 Å². The molecule has 1 aromatic rings. The molecule has 1 saturated heterocycles. The van der Waals surface area contributed by atoms with Gasteiger partial charge in [0.25, 0.3) is 0 Å². The Kier molecular flexibility index (Phi) is 6.00. The first kappa shape index (κ1) is 14.4. The molecule has 1 atom stereocenters. The fourth-order valence-electron chi connectivity index (χ4n) is 2.63. The number of ether oxygens (including phenoxy) is 1. The second-order valence-corrected chi connectivity index (χ2v) is 6.16. The minimum Gasteiger partial charge on any atom is -0.381 e. The van der Waals surface area contributed by atoms with E-state index in [2.05, 4.69) is 28.1 Å². The smallest absolute Gasteiger partial charge is 0.0468 e. The standard InChI is InChI=1S/C15H20BrClO/c16-11-13(9-12-5-7-18-8-6-12)10-14-3-1-2-4-15(14)17/h1-4,12-13H,5-11H2. The minimum atomic E-state index is 0.674. The zero-order chi connectivity index (χ0) is 12.8. The Morgan fingerprint density at radius 2 is 2.00 bits per heavy atom. The zero-order valence-corrected chi connectivity index (χ0v) is 12.9. The van der Waals surface area contributed by atoms with Crippen LogP contribution in [0.25, 0.3) is 0 Å². The number of alkyl halides is 1. The van der Waals surface area contributed by atoms with E-state index in [1.54, 1.807) is 0 Å². The molecule has 1 nitrogen and oxygen atoms in total. The Hall–Kier alpha value is -0.0500. The van der Waals surface area contributed by atoms with Crippen molar-refractivity contribution in [1.82, 2.24) is 0 Å². The number of rotatable bonds is 5. The number of hydrogen-bond donors (Lipinski definition) is 0. The van der Waals surface area contributed by atoms with Gasteiger partial charge < -0.3 is 4.74 Å². The van der Waals surface area contributed by atoms with Crippen molar-refractivity contribution in [2.24, 2.45) is 11.8 Å². The molecule has 2 rings (SSSR count). The fraction of sp³-hybridized carbons (Fsp3) is 0.600. The summed E-state index contributed by atoms with van der Waals surface area (Å²) in [5.74, 6) is 1.50. The highest BCUT2D eigenvalue weighted by Gasteiger charge is 2.19. The second kappa shape index (κ2) is 7.52. The van der Waals surface area contributed by atoms with Crippen LogP contribution in [0.3, 0.4) is 0 Å². The molecule has 0 N–H and O–H groups in total. The van der Waals surface area contributed by atoms with Crippen LogP contribution in [0.1, 0.15) is 24.8 Å². The van der Waals surface area contributed by atoms with Gasteiger partial charge in [0.2, 0.25) is 0 Å². The Morgan fingerprint density at radius 1 is 1.28 bits per heavy atom. The van der Waals surface area contributed by atoms with E-state index >= 15 is 0 Å². The van der Waals surface area contributed by atoms with Gasteiger partial charge in [0, 0.05) is 23.6 Å². The van der Waals surface area contributed by atoms with Crippen LogP contribution in [0.4, 0.5) is 0 Å². The molecule has 0 amide bonds. The van der Waals surface area contributed by atoms with Gasteiger partial charge in [-0.2, -0.15) is 0 Å². The van der Waals surface area contributed by atoms with Crippen LogP contribution >= 0.6 is 27.5 Å². The van der Waals surface area contributed by atoms with Crippen molar-refractivity contribution >= 4 is 27.5 Å². The molecule has 0 spiro atoms. The average Bonchev–Trinajstić information content (AvgIpc) is 2.41. The predicted octanol–water partition coefficient (Wildman–Crippen LogP) is 4.71. The lowest BCUT2D eigenvalue weighted by Gasteiger charge is -2.26. The molecule has 1 aromatic carbocycles. The summed E-state index contributed by atoms with van der Waals surface area (Å²) in [6.45, 7) is 1.87. The maximum atomic E-state index is 6.23. The van der Waals surface area contributed by atoms with Crippen molar-refractivity contribution in [2.75, 3.05) is 18.5 Å². The van der Waals surface area contributed by atoms with Gasteiger partial charge in [0.15, 0.2) is 0 Å². The highest BCUT2D eigenvalue weighted by Crippen LogP contribution is 2.28. The molecule has 1 heterocycles. The largest absolute Gasteiger partial charge is 0.381 e. The van der Waals surface area contributed by atoms with Gasteiger partial charge in [0.05, 0.1) is 0 Å². The molecular weight excluding hydrogens is 312 g/mol. The summed E-state index contributed by atoms with van der Waals surface area (Å²) < 4.78 is 5.42. The van der Waals surface area contributed by atoms with E-state index < -0.39 is 0 Å². The Labute approximate surface area is 123 Å². The summed E-state index contributed by atoms with van der Waals surface area (Å²) in [6.07, 6.45) is 4.78. The van der Waals surface area contributed by atoms with E-state index in [0.717, 1.165) is 35.9 Å². The van der Waals surface area contributed by atoms with Crippen molar-refractivity contribution in [1.29, 1.82) is 0 Å². The Balaban J connectivity index is 1.90. The molecule has 3 heteroatoms. The van der Waals surface area contributed by atoms with Crippen molar-refractivity contribution in [2.45, 2.75) is 25.7 Å². The average molecular weight is 332 g/mol. The molecule has 0 aliphatic carbocycles. The van der Waals surface area contributed by atoms with Crippen LogP contribution in [0.15, 0.2) is 24.3 Å². The minimum absolute atomic E-state index is 0.674. The summed E-state index contributed by atoms with van der Waals surface area (Å²) in [6, 6.07) is 8.19. The van der Waals surface area contributed by atoms with Crippen molar-refractivity contribution in [3.8, 4) is 0 Å². The Morgan fingerprint density at radius 3 is 2.67 bits per heavy atom. The van der Waals surface area contributed by atoms with Crippen LogP contribution in [-0.2, 0) is 11.2 Å². The molecule has 1 aliphatic rings. The molecule has 0 radical (unpaired) electrons. The molecule has 0 saturated carbocycles. The van der Waals surface area contributed by atoms with Crippen LogP contribution in [0, 0.1) is 11.8 Å². The Bertz CT molecular complexity index is 363. The van der Waals surface area contributed by atoms with Gasteiger partial charge in [-0.1, -0.05) is 45.7 Å². The summed E-state index contributed by atoms with van der Waals surface area (Å²) in [7, 11) is 0. The topological polar surface area (TPSA) is 9.23 Å². The molecule has 1 fully saturated rings. The molecular formula is C15H20BrClO. The van der Waals surface area contributed by atoms with E-state index in [-0.39, 0.29) is 0 Å². The van der Waals surface area contributed by atoms with Gasteiger partial charge in [-0.15, -0.1) is 0 Å². The maximum Gasteiger partial charge on any atom is 0.0468 e. The van der Waals surface area contributed by atoms with Crippen molar-refractivity contribution in [3.05, 3.63) is 34.9 Å². The lowest BCUT2D eigenvalue weighted by atomic mass is 9.86. The molecule has 18 heavy (non-hydrogen) atoms. The normalized spacial score (nSPS) is 18.8. The highest BCUT2D eigenvalue weighted by molar-refractivity contribution is 9.09. The SMILES string of the molecule is Clc1ccccc1CC(CBr)CC1CCOCC1. The maximum absolute atomic E-state index is 6.23. The van der Waals surface area contributed by atoms with E-state index in [4.69, 9.17) is 16.3 Å². The number of halogens is 2. The molecule has 0 bridgehead atoms. The predicted molar refractivity (Wildman–Crippen MR) is 80.6 cm³/mol. The summed E-state index contributed by atoms with van der Waals surface area (Å²) in [5.41, 5.74) is 1.27. The van der Waals surface area contributed by atoms with E-state index in [1.165, 1.54) is 24.8 Å². The fourth-order valence-corrected chi connectivity index (χ4v) is 3.34. The molecule has 1 aliphatic heterocycles. The molecule has 100 valence electrons. The van der Waals surface area contributed by atoms with Crippen LogP contribution < -0.4 is 0 Å². The van der Waals surface area contributed by atoms with Gasteiger partial charge in [-0.25, -0.2) is 0 Å². The third kappa shape index (κ3) is 4.25. The number of hydrogen-bond acceptors (Lipinski definition) is 1. The lowest BCUT2D eigenvalue weighted by Crippen LogP contribution is -2.20. The summed E-state index contributed by atoms with van der Waals surface area (Å²) >= 11 is 9.88. The van der Waals surface area contributed by atoms with E-state index in [0.29, 0.717) is 5.92 Å². The van der Waals surface area contributed by atoms with Crippen LogP contribution in [-0.4, -0.2) is 18.5 Å². The monoisotopic (exact) mass is 330 g/mol. The first-order chi connectivity index (χ1) is 8.79. The number of benzene rings is 1. The zero-order valence-electron chi connectivity index (χ0n) is 10.6. The summed E-state index contributed by atoms with van der Waals surface area (Å²) in [5, 5.41) is 1.95. The molecule has 0 aromatic heterocycles. The first-order valence-corrected chi connectivity index (χ1v) is 8.16. The van der Waals surface area contributed by atoms with E-state index in [9.17, 15) is 0 Å². The molecule has 1 unspecified atom stereocenters. The highest BCUT2D eigenvalue weighted by atomic mass is 79.9. The third-order valence-electron chi connectivity index (χ3n) is 3.69. The third-order valence-corrected chi connectivity index (χ3v) is 4.98. The van der Waals surface area contributed by atoms with Crippen molar-refractivity contribution < 1.29 is 4.74 Å². The van der Waals surface area contributed by atoms with Gasteiger partial charge in [-0.05, 0) is 49.1 Å². The van der Waals surface area contributed by atoms with Crippen LogP contribution in [0.5, 0.6) is 0 Å². The second-order valence-electron chi connectivity index (χ2n) is 5.11. The first-order valence-electron chi connectivity index (χ1n) is 6.66. The van der Waals surface area contributed by atoms with Gasteiger partial charge in [-0.3, -0.25) is 0 Å².